The number of terminal acetylenes is 1. The SMILES string of the molecule is C#CC(C)(C)NC(=O)c1c(C)cccc1[N+](=O)[O-]. The first-order chi connectivity index (χ1) is 8.28. The highest BCUT2D eigenvalue weighted by Gasteiger charge is 2.26. The monoisotopic (exact) mass is 246 g/mol. The van der Waals surface area contributed by atoms with Gasteiger partial charge in [0.1, 0.15) is 5.56 Å². The second-order valence-electron chi connectivity index (χ2n) is 4.45. The molecule has 5 nitrogen and oxygen atoms in total. The van der Waals surface area contributed by atoms with E-state index in [0.29, 0.717) is 5.56 Å². The molecule has 0 unspecified atom stereocenters. The maximum atomic E-state index is 12.1. The molecule has 1 amide bonds. The summed E-state index contributed by atoms with van der Waals surface area (Å²) < 4.78 is 0. The number of nitrogens with one attached hydrogen (secondary N) is 1. The standard InChI is InChI=1S/C13H14N2O3/c1-5-13(3,4)14-12(16)11-9(2)7-6-8-10(11)15(17)18/h1,6-8H,2-4H3,(H,14,16). The number of nitro benzene ring substituents is 1. The van der Waals surface area contributed by atoms with Crippen molar-refractivity contribution in [2.24, 2.45) is 0 Å². The third-order valence-electron chi connectivity index (χ3n) is 2.46. The number of carbonyl (C=O) groups excluding carboxylic acids is 1. The minimum absolute atomic E-state index is 0.0471. The van der Waals surface area contributed by atoms with Crippen LogP contribution in [0, 0.1) is 29.4 Å². The zero-order chi connectivity index (χ0) is 13.9. The zero-order valence-corrected chi connectivity index (χ0v) is 10.5. The van der Waals surface area contributed by atoms with Gasteiger partial charge in [-0.25, -0.2) is 0 Å². The number of nitrogens with zero attached hydrogens (tertiary/aromatic N) is 1. The Morgan fingerprint density at radius 1 is 1.50 bits per heavy atom. The van der Waals surface area contributed by atoms with E-state index in [0.717, 1.165) is 0 Å². The number of hydrogen-bond donors (Lipinski definition) is 1. The Kier molecular flexibility index (Phi) is 3.72. The van der Waals surface area contributed by atoms with E-state index in [-0.39, 0.29) is 11.3 Å². The van der Waals surface area contributed by atoms with E-state index in [2.05, 4.69) is 11.2 Å². The van der Waals surface area contributed by atoms with Gasteiger partial charge in [0.15, 0.2) is 0 Å². The third kappa shape index (κ3) is 2.86. The first kappa shape index (κ1) is 13.7. The molecule has 0 radical (unpaired) electrons. The lowest BCUT2D eigenvalue weighted by molar-refractivity contribution is -0.385. The number of benzene rings is 1. The van der Waals surface area contributed by atoms with Gasteiger partial charge in [0.25, 0.3) is 11.6 Å². The van der Waals surface area contributed by atoms with Crippen LogP contribution in [0.4, 0.5) is 5.69 Å². The van der Waals surface area contributed by atoms with Crippen LogP contribution in [-0.4, -0.2) is 16.4 Å². The molecule has 0 saturated heterocycles. The van der Waals surface area contributed by atoms with E-state index in [1.165, 1.54) is 12.1 Å². The lowest BCUT2D eigenvalue weighted by Gasteiger charge is -2.20. The molecular formula is C13H14N2O3. The summed E-state index contributed by atoms with van der Waals surface area (Å²) in [5.74, 6) is 1.87. The van der Waals surface area contributed by atoms with Crippen LogP contribution in [0.15, 0.2) is 18.2 Å². The van der Waals surface area contributed by atoms with Gasteiger partial charge in [-0.05, 0) is 26.3 Å². The van der Waals surface area contributed by atoms with Crippen LogP contribution in [-0.2, 0) is 0 Å². The fraction of sp³-hybridized carbons (Fsp3) is 0.308. The quantitative estimate of drug-likeness (QED) is 0.504. The second-order valence-corrected chi connectivity index (χ2v) is 4.45. The van der Waals surface area contributed by atoms with Gasteiger partial charge < -0.3 is 5.32 Å². The van der Waals surface area contributed by atoms with Crippen molar-refractivity contribution in [2.75, 3.05) is 0 Å². The molecule has 1 aromatic rings. The lowest BCUT2D eigenvalue weighted by atomic mass is 10.0. The van der Waals surface area contributed by atoms with Crippen LogP contribution in [0.1, 0.15) is 29.8 Å². The highest BCUT2D eigenvalue weighted by atomic mass is 16.6. The number of hydrogen-bond acceptors (Lipinski definition) is 3. The highest BCUT2D eigenvalue weighted by Crippen LogP contribution is 2.22. The second kappa shape index (κ2) is 4.88. The van der Waals surface area contributed by atoms with Crippen molar-refractivity contribution in [1.82, 2.24) is 5.32 Å². The van der Waals surface area contributed by atoms with E-state index in [1.807, 2.05) is 0 Å². The third-order valence-corrected chi connectivity index (χ3v) is 2.46. The molecule has 1 N–H and O–H groups in total. The van der Waals surface area contributed by atoms with E-state index in [1.54, 1.807) is 26.8 Å². The highest BCUT2D eigenvalue weighted by molar-refractivity contribution is 6.00. The van der Waals surface area contributed by atoms with E-state index >= 15 is 0 Å². The summed E-state index contributed by atoms with van der Waals surface area (Å²) in [6.07, 6.45) is 5.27. The summed E-state index contributed by atoms with van der Waals surface area (Å²) in [4.78, 5) is 22.4. The molecule has 0 aliphatic heterocycles. The predicted octanol–water partition coefficient (Wildman–Crippen LogP) is 2.04. The Labute approximate surface area is 105 Å². The Bertz CT molecular complexity index is 542. The number of amides is 1. The van der Waals surface area contributed by atoms with Gasteiger partial charge in [0.05, 0.1) is 10.5 Å². The van der Waals surface area contributed by atoms with Crippen LogP contribution >= 0.6 is 0 Å². The topological polar surface area (TPSA) is 72.2 Å². The van der Waals surface area contributed by atoms with Crippen molar-refractivity contribution in [1.29, 1.82) is 0 Å². The molecule has 0 spiro atoms. The predicted molar refractivity (Wildman–Crippen MR) is 68.2 cm³/mol. The smallest absolute Gasteiger partial charge is 0.282 e. The normalized spacial score (nSPS) is 10.6. The number of aryl methyl sites for hydroxylation is 1. The fourth-order valence-electron chi connectivity index (χ4n) is 1.48. The molecule has 1 rings (SSSR count). The fourth-order valence-corrected chi connectivity index (χ4v) is 1.48. The molecule has 0 fully saturated rings. The van der Waals surface area contributed by atoms with Gasteiger partial charge >= 0.3 is 0 Å². The zero-order valence-electron chi connectivity index (χ0n) is 10.5. The van der Waals surface area contributed by atoms with Gasteiger partial charge in [-0.1, -0.05) is 18.1 Å². The summed E-state index contributed by atoms with van der Waals surface area (Å²) in [7, 11) is 0. The van der Waals surface area contributed by atoms with Gasteiger partial charge in [-0.15, -0.1) is 6.42 Å². The largest absolute Gasteiger partial charge is 0.336 e. The van der Waals surface area contributed by atoms with Gasteiger partial charge in [0, 0.05) is 6.07 Å². The van der Waals surface area contributed by atoms with Crippen molar-refractivity contribution in [2.45, 2.75) is 26.3 Å². The molecule has 0 saturated carbocycles. The van der Waals surface area contributed by atoms with Gasteiger partial charge in [-0.2, -0.15) is 0 Å². The van der Waals surface area contributed by atoms with Crippen LogP contribution in [0.2, 0.25) is 0 Å². The molecule has 1 aromatic carbocycles. The molecule has 5 heteroatoms. The maximum Gasteiger partial charge on any atom is 0.282 e. The van der Waals surface area contributed by atoms with E-state index in [4.69, 9.17) is 6.42 Å². The molecule has 0 aliphatic carbocycles. The molecule has 18 heavy (non-hydrogen) atoms. The average molecular weight is 246 g/mol. The Balaban J connectivity index is 3.22. The van der Waals surface area contributed by atoms with Crippen molar-refractivity contribution in [3.8, 4) is 12.3 Å². The van der Waals surface area contributed by atoms with Crippen molar-refractivity contribution >= 4 is 11.6 Å². The minimum Gasteiger partial charge on any atom is -0.336 e. The Morgan fingerprint density at radius 2 is 2.11 bits per heavy atom. The average Bonchev–Trinajstić information content (AvgIpc) is 2.27. The molecule has 94 valence electrons. The summed E-state index contributed by atoms with van der Waals surface area (Å²) in [6, 6.07) is 4.48. The van der Waals surface area contributed by atoms with E-state index in [9.17, 15) is 14.9 Å². The van der Waals surface area contributed by atoms with Crippen LogP contribution in [0.25, 0.3) is 0 Å². The lowest BCUT2D eigenvalue weighted by Crippen LogP contribution is -2.42. The van der Waals surface area contributed by atoms with E-state index < -0.39 is 16.4 Å². The van der Waals surface area contributed by atoms with Crippen molar-refractivity contribution in [3.05, 3.63) is 39.4 Å². The van der Waals surface area contributed by atoms with Crippen LogP contribution in [0.5, 0.6) is 0 Å². The molecular weight excluding hydrogens is 232 g/mol. The summed E-state index contributed by atoms with van der Waals surface area (Å²) in [5.41, 5.74) is -0.492. The summed E-state index contributed by atoms with van der Waals surface area (Å²) in [6.45, 7) is 4.94. The Hall–Kier alpha value is -2.35. The van der Waals surface area contributed by atoms with Crippen molar-refractivity contribution < 1.29 is 9.72 Å². The molecule has 0 aromatic heterocycles. The van der Waals surface area contributed by atoms with Crippen LogP contribution in [0.3, 0.4) is 0 Å². The summed E-state index contributed by atoms with van der Waals surface area (Å²) >= 11 is 0. The van der Waals surface area contributed by atoms with Gasteiger partial charge in [-0.3, -0.25) is 14.9 Å². The number of rotatable bonds is 3. The number of nitro groups is 1. The summed E-state index contributed by atoms with van der Waals surface area (Å²) in [5, 5.41) is 13.5. The van der Waals surface area contributed by atoms with Crippen LogP contribution < -0.4 is 5.32 Å². The molecule has 0 heterocycles. The molecule has 0 atom stereocenters. The molecule has 0 aliphatic rings. The van der Waals surface area contributed by atoms with Gasteiger partial charge in [0.2, 0.25) is 0 Å². The molecule has 0 bridgehead atoms. The number of carbonyl (C=O) groups is 1. The first-order valence-corrected chi connectivity index (χ1v) is 5.33. The maximum absolute atomic E-state index is 12.1. The minimum atomic E-state index is -0.854. The Morgan fingerprint density at radius 3 is 2.61 bits per heavy atom. The first-order valence-electron chi connectivity index (χ1n) is 5.33. The van der Waals surface area contributed by atoms with Crippen molar-refractivity contribution in [3.63, 3.8) is 0 Å².